The third-order valence-corrected chi connectivity index (χ3v) is 8.48. The largest absolute Gasteiger partial charge is 0.367 e. The molecule has 0 saturated carbocycles. The van der Waals surface area contributed by atoms with Crippen LogP contribution in [0.1, 0.15) is 13.8 Å². The Kier molecular flexibility index (Phi) is 5.78. The van der Waals surface area contributed by atoms with E-state index in [9.17, 15) is 17.6 Å². The molecule has 0 aromatic heterocycles. The van der Waals surface area contributed by atoms with Gasteiger partial charge in [0.15, 0.2) is 0 Å². The Bertz CT molecular complexity index is 1070. The SMILES string of the molecule is CC(=O)N1CC(C)Sc2ccc(S(=O)(=O)N3CCN(c4ccccc4F)CC3)cc21. The molecule has 1 atom stereocenters. The molecule has 0 bridgehead atoms. The topological polar surface area (TPSA) is 60.9 Å². The predicted molar refractivity (Wildman–Crippen MR) is 117 cm³/mol. The minimum atomic E-state index is -3.71. The van der Waals surface area contributed by atoms with Gasteiger partial charge in [-0.2, -0.15) is 4.31 Å². The highest BCUT2D eigenvalue weighted by molar-refractivity contribution is 8.00. The number of piperazine rings is 1. The van der Waals surface area contributed by atoms with E-state index in [2.05, 4.69) is 0 Å². The second-order valence-corrected chi connectivity index (χ2v) is 10.9. The molecule has 0 N–H and O–H groups in total. The first kappa shape index (κ1) is 21.1. The lowest BCUT2D eigenvalue weighted by Crippen LogP contribution is -2.49. The van der Waals surface area contributed by atoms with E-state index in [1.807, 2.05) is 11.8 Å². The third-order valence-electron chi connectivity index (χ3n) is 5.44. The Morgan fingerprint density at radius 1 is 1.07 bits per heavy atom. The van der Waals surface area contributed by atoms with Gasteiger partial charge in [0, 0.05) is 49.8 Å². The van der Waals surface area contributed by atoms with Crippen molar-refractivity contribution in [3.63, 3.8) is 0 Å². The molecule has 1 amide bonds. The van der Waals surface area contributed by atoms with Crippen molar-refractivity contribution in [2.24, 2.45) is 0 Å². The summed E-state index contributed by atoms with van der Waals surface area (Å²) in [5.74, 6) is -0.406. The Balaban J connectivity index is 1.56. The average Bonchev–Trinajstić information content (AvgIpc) is 2.73. The number of amides is 1. The summed E-state index contributed by atoms with van der Waals surface area (Å²) >= 11 is 1.64. The molecule has 2 aliphatic rings. The van der Waals surface area contributed by atoms with Crippen LogP contribution in [0.4, 0.5) is 15.8 Å². The first-order valence-electron chi connectivity index (χ1n) is 9.86. The molecule has 2 heterocycles. The summed E-state index contributed by atoms with van der Waals surface area (Å²) in [5, 5.41) is 0.246. The molecule has 0 aliphatic carbocycles. The van der Waals surface area contributed by atoms with Gasteiger partial charge >= 0.3 is 0 Å². The average molecular weight is 450 g/mol. The van der Waals surface area contributed by atoms with Crippen LogP contribution in [0.5, 0.6) is 0 Å². The minimum absolute atomic E-state index is 0.101. The standard InChI is InChI=1S/C21H24FN3O3S2/c1-15-14-25(16(2)26)20-13-17(7-8-21(20)29-15)30(27,28)24-11-9-23(10-12-24)19-6-4-3-5-18(19)22/h3-8,13,15H,9-12,14H2,1-2H3. The van der Waals surface area contributed by atoms with Crippen LogP contribution in [-0.2, 0) is 14.8 Å². The van der Waals surface area contributed by atoms with Gasteiger partial charge < -0.3 is 9.80 Å². The lowest BCUT2D eigenvalue weighted by molar-refractivity contribution is -0.116. The van der Waals surface area contributed by atoms with Crippen LogP contribution in [0.15, 0.2) is 52.3 Å². The van der Waals surface area contributed by atoms with Gasteiger partial charge in [-0.25, -0.2) is 12.8 Å². The molecular formula is C21H24FN3O3S2. The van der Waals surface area contributed by atoms with E-state index in [1.54, 1.807) is 53.1 Å². The van der Waals surface area contributed by atoms with E-state index in [-0.39, 0.29) is 35.0 Å². The van der Waals surface area contributed by atoms with Crippen molar-refractivity contribution in [2.75, 3.05) is 42.5 Å². The normalized spacial score (nSPS) is 20.2. The smallest absolute Gasteiger partial charge is 0.243 e. The van der Waals surface area contributed by atoms with Gasteiger partial charge in [0.25, 0.3) is 0 Å². The zero-order valence-electron chi connectivity index (χ0n) is 16.9. The van der Waals surface area contributed by atoms with Crippen molar-refractivity contribution < 1.29 is 17.6 Å². The number of carbonyl (C=O) groups is 1. The highest BCUT2D eigenvalue weighted by atomic mass is 32.2. The van der Waals surface area contributed by atoms with Gasteiger partial charge in [0.05, 0.1) is 16.3 Å². The molecule has 30 heavy (non-hydrogen) atoms. The van der Waals surface area contributed by atoms with Crippen LogP contribution in [-0.4, -0.2) is 56.6 Å². The van der Waals surface area contributed by atoms with Crippen molar-refractivity contribution in [3.8, 4) is 0 Å². The molecule has 9 heteroatoms. The summed E-state index contributed by atoms with van der Waals surface area (Å²) < 4.78 is 42.0. The van der Waals surface area contributed by atoms with Crippen LogP contribution in [0.3, 0.4) is 0 Å². The first-order valence-corrected chi connectivity index (χ1v) is 12.2. The maximum atomic E-state index is 14.1. The van der Waals surface area contributed by atoms with E-state index in [0.717, 1.165) is 4.90 Å². The van der Waals surface area contributed by atoms with Crippen LogP contribution in [0, 0.1) is 5.82 Å². The van der Waals surface area contributed by atoms with Crippen LogP contribution in [0.2, 0.25) is 0 Å². The molecule has 4 rings (SSSR count). The van der Waals surface area contributed by atoms with Gasteiger partial charge in [0.1, 0.15) is 5.82 Å². The predicted octanol–water partition coefficient (Wildman–Crippen LogP) is 3.18. The van der Waals surface area contributed by atoms with Gasteiger partial charge in [-0.05, 0) is 30.3 Å². The van der Waals surface area contributed by atoms with Gasteiger partial charge in [-0.15, -0.1) is 11.8 Å². The second-order valence-electron chi connectivity index (χ2n) is 7.53. The summed E-state index contributed by atoms with van der Waals surface area (Å²) in [6.07, 6.45) is 0. The molecule has 2 aromatic carbocycles. The number of fused-ring (bicyclic) bond motifs is 1. The fourth-order valence-corrected chi connectivity index (χ4v) is 6.44. The maximum absolute atomic E-state index is 14.1. The number of para-hydroxylation sites is 1. The van der Waals surface area contributed by atoms with E-state index >= 15 is 0 Å². The van der Waals surface area contributed by atoms with Crippen molar-refractivity contribution in [2.45, 2.75) is 28.9 Å². The molecule has 1 fully saturated rings. The molecular weight excluding hydrogens is 425 g/mol. The summed E-state index contributed by atoms with van der Waals surface area (Å²) in [6, 6.07) is 11.5. The second kappa shape index (κ2) is 8.20. The third kappa shape index (κ3) is 3.93. The fourth-order valence-electron chi connectivity index (χ4n) is 3.90. The highest BCUT2D eigenvalue weighted by Gasteiger charge is 2.32. The summed E-state index contributed by atoms with van der Waals surface area (Å²) in [6.45, 7) is 5.47. The molecule has 2 aliphatic heterocycles. The minimum Gasteiger partial charge on any atom is -0.367 e. The number of anilines is 2. The molecule has 2 aromatic rings. The number of sulfonamides is 1. The quantitative estimate of drug-likeness (QED) is 0.720. The Morgan fingerprint density at radius 3 is 2.43 bits per heavy atom. The summed E-state index contributed by atoms with van der Waals surface area (Å²) in [7, 11) is -3.71. The number of hydrogen-bond donors (Lipinski definition) is 0. The number of carbonyl (C=O) groups excluding carboxylic acids is 1. The van der Waals surface area contributed by atoms with Gasteiger partial charge in [0.2, 0.25) is 15.9 Å². The molecule has 1 saturated heterocycles. The lowest BCUT2D eigenvalue weighted by Gasteiger charge is -2.36. The number of rotatable bonds is 3. The number of benzene rings is 2. The van der Waals surface area contributed by atoms with Crippen molar-refractivity contribution >= 4 is 39.1 Å². The van der Waals surface area contributed by atoms with Gasteiger partial charge in [-0.1, -0.05) is 19.1 Å². The van der Waals surface area contributed by atoms with E-state index in [4.69, 9.17) is 0 Å². The fraction of sp³-hybridized carbons (Fsp3) is 0.381. The number of nitrogens with zero attached hydrogens (tertiary/aromatic N) is 3. The van der Waals surface area contributed by atoms with Crippen LogP contribution in [0.25, 0.3) is 0 Å². The van der Waals surface area contributed by atoms with Crippen molar-refractivity contribution in [1.29, 1.82) is 0 Å². The molecule has 0 radical (unpaired) electrons. The number of halogens is 1. The Hall–Kier alpha value is -2.10. The van der Waals surface area contributed by atoms with Gasteiger partial charge in [-0.3, -0.25) is 4.79 Å². The Labute approximate surface area is 180 Å². The zero-order chi connectivity index (χ0) is 21.5. The molecule has 1 unspecified atom stereocenters. The van der Waals surface area contributed by atoms with Crippen LogP contribution < -0.4 is 9.80 Å². The van der Waals surface area contributed by atoms with Crippen molar-refractivity contribution in [3.05, 3.63) is 48.3 Å². The monoisotopic (exact) mass is 449 g/mol. The first-order chi connectivity index (χ1) is 14.3. The molecule has 6 nitrogen and oxygen atoms in total. The zero-order valence-corrected chi connectivity index (χ0v) is 18.5. The Morgan fingerprint density at radius 2 is 1.77 bits per heavy atom. The van der Waals surface area contributed by atoms with E-state index in [0.29, 0.717) is 31.0 Å². The van der Waals surface area contributed by atoms with E-state index in [1.165, 1.54) is 17.3 Å². The number of hydrogen-bond acceptors (Lipinski definition) is 5. The number of thioether (sulfide) groups is 1. The summed E-state index contributed by atoms with van der Waals surface area (Å²) in [5.41, 5.74) is 1.14. The molecule has 0 spiro atoms. The summed E-state index contributed by atoms with van der Waals surface area (Å²) in [4.78, 5) is 16.7. The lowest BCUT2D eigenvalue weighted by atomic mass is 10.2. The highest BCUT2D eigenvalue weighted by Crippen LogP contribution is 2.40. The van der Waals surface area contributed by atoms with Crippen LogP contribution >= 0.6 is 11.8 Å². The van der Waals surface area contributed by atoms with Crippen molar-refractivity contribution in [1.82, 2.24) is 4.31 Å². The maximum Gasteiger partial charge on any atom is 0.243 e. The molecule has 160 valence electrons. The van der Waals surface area contributed by atoms with E-state index < -0.39 is 10.0 Å².